The number of rotatable bonds is 11. The molecule has 0 saturated carbocycles. The van der Waals surface area contributed by atoms with Gasteiger partial charge < -0.3 is 14.3 Å². The molecule has 30 heavy (non-hydrogen) atoms. The molecule has 0 fully saturated rings. The molecule has 0 saturated heterocycles. The van der Waals surface area contributed by atoms with Gasteiger partial charge >= 0.3 is 0 Å². The van der Waals surface area contributed by atoms with E-state index in [2.05, 4.69) is 27.0 Å². The predicted octanol–water partition coefficient (Wildman–Crippen LogP) is 5.57. The number of nitrogens with one attached hydrogen (secondary N) is 1. The minimum Gasteiger partial charge on any atom is -0.467 e. The Morgan fingerprint density at radius 3 is 2.70 bits per heavy atom. The topological polar surface area (TPSA) is 73.0 Å². The highest BCUT2D eigenvalue weighted by atomic mass is 35.5. The van der Waals surface area contributed by atoms with E-state index in [0.717, 1.165) is 41.7 Å². The molecule has 2 aromatic heterocycles. The van der Waals surface area contributed by atoms with E-state index < -0.39 is 0 Å². The van der Waals surface area contributed by atoms with Gasteiger partial charge in [0.25, 0.3) is 0 Å². The third-order valence-corrected chi connectivity index (χ3v) is 6.06. The van der Waals surface area contributed by atoms with Gasteiger partial charge in [0.15, 0.2) is 11.0 Å². The first-order chi connectivity index (χ1) is 14.6. The molecule has 0 spiro atoms. The lowest BCUT2D eigenvalue weighted by molar-refractivity contribution is -0.120. The summed E-state index contributed by atoms with van der Waals surface area (Å²) in [6.07, 6.45) is 6.17. The van der Waals surface area contributed by atoms with Crippen LogP contribution in [0.2, 0.25) is 5.02 Å². The summed E-state index contributed by atoms with van der Waals surface area (Å²) in [6, 6.07) is 11.2. The fourth-order valence-corrected chi connectivity index (χ4v) is 4.05. The first kappa shape index (κ1) is 22.4. The summed E-state index contributed by atoms with van der Waals surface area (Å²) in [5.41, 5.74) is 0.962. The number of aromatic nitrogens is 3. The fraction of sp³-hybridized carbons (Fsp3) is 0.409. The molecule has 1 N–H and O–H groups in total. The Hall–Kier alpha value is -2.25. The summed E-state index contributed by atoms with van der Waals surface area (Å²) in [6.45, 7) is 5.26. The van der Waals surface area contributed by atoms with Crippen LogP contribution >= 0.6 is 23.4 Å². The average molecular weight is 447 g/mol. The molecule has 0 radical (unpaired) electrons. The standard InChI is InChI=1S/C22H27ClN4O2S/c1-3-4-5-6-13-27-20(17-9-11-18(23)12-10-17)25-26-22(27)30-16(2)21(28)24-15-19-8-7-14-29-19/h7-12,14,16H,3-6,13,15H2,1-2H3,(H,24,28). The largest absolute Gasteiger partial charge is 0.467 e. The maximum absolute atomic E-state index is 12.5. The lowest BCUT2D eigenvalue weighted by Gasteiger charge is -2.13. The molecule has 0 aliphatic rings. The van der Waals surface area contributed by atoms with Gasteiger partial charge in [-0.2, -0.15) is 0 Å². The minimum absolute atomic E-state index is 0.0648. The summed E-state index contributed by atoms with van der Waals surface area (Å²) in [5, 5.41) is 12.8. The molecule has 2 heterocycles. The number of amides is 1. The number of furan rings is 1. The summed E-state index contributed by atoms with van der Waals surface area (Å²) in [5.74, 6) is 1.46. The van der Waals surface area contributed by atoms with E-state index in [1.165, 1.54) is 24.6 Å². The van der Waals surface area contributed by atoms with Crippen molar-refractivity contribution in [3.8, 4) is 11.4 Å². The van der Waals surface area contributed by atoms with Crippen molar-refractivity contribution in [1.29, 1.82) is 0 Å². The van der Waals surface area contributed by atoms with Gasteiger partial charge in [-0.15, -0.1) is 10.2 Å². The van der Waals surface area contributed by atoms with Gasteiger partial charge in [0.05, 0.1) is 18.1 Å². The Morgan fingerprint density at radius 1 is 1.20 bits per heavy atom. The molecule has 8 heteroatoms. The Bertz CT molecular complexity index is 925. The SMILES string of the molecule is CCCCCCn1c(SC(C)C(=O)NCc2ccco2)nnc1-c1ccc(Cl)cc1. The highest BCUT2D eigenvalue weighted by Gasteiger charge is 2.21. The van der Waals surface area contributed by atoms with Crippen LogP contribution in [0.3, 0.4) is 0 Å². The van der Waals surface area contributed by atoms with Crippen molar-refractivity contribution in [2.45, 2.75) is 63.0 Å². The molecule has 1 aromatic carbocycles. The van der Waals surface area contributed by atoms with E-state index in [-0.39, 0.29) is 11.2 Å². The summed E-state index contributed by atoms with van der Waals surface area (Å²) in [7, 11) is 0. The first-order valence-corrected chi connectivity index (χ1v) is 11.5. The number of carbonyl (C=O) groups excluding carboxylic acids is 1. The minimum atomic E-state index is -0.309. The Labute approximate surface area is 186 Å². The van der Waals surface area contributed by atoms with Gasteiger partial charge in [-0.25, -0.2) is 0 Å². The van der Waals surface area contributed by atoms with E-state index in [0.29, 0.717) is 11.6 Å². The van der Waals surface area contributed by atoms with E-state index in [1.54, 1.807) is 12.3 Å². The normalized spacial score (nSPS) is 12.1. The third kappa shape index (κ3) is 6.12. The van der Waals surface area contributed by atoms with E-state index >= 15 is 0 Å². The molecule has 6 nitrogen and oxygen atoms in total. The van der Waals surface area contributed by atoms with Gasteiger partial charge in [-0.05, 0) is 49.7 Å². The number of halogens is 1. The fourth-order valence-electron chi connectivity index (χ4n) is 3.03. The molecule has 1 atom stereocenters. The highest BCUT2D eigenvalue weighted by molar-refractivity contribution is 8.00. The zero-order chi connectivity index (χ0) is 21.3. The van der Waals surface area contributed by atoms with E-state index in [9.17, 15) is 4.79 Å². The lowest BCUT2D eigenvalue weighted by atomic mass is 10.2. The third-order valence-electron chi connectivity index (χ3n) is 4.72. The zero-order valence-corrected chi connectivity index (χ0v) is 18.9. The molecule has 0 aliphatic heterocycles. The molecular weight excluding hydrogens is 420 g/mol. The smallest absolute Gasteiger partial charge is 0.233 e. The highest BCUT2D eigenvalue weighted by Crippen LogP contribution is 2.28. The van der Waals surface area contributed by atoms with Crippen LogP contribution in [0.25, 0.3) is 11.4 Å². The van der Waals surface area contributed by atoms with Crippen molar-refractivity contribution < 1.29 is 9.21 Å². The van der Waals surface area contributed by atoms with Crippen molar-refractivity contribution in [2.24, 2.45) is 0 Å². The number of carbonyl (C=O) groups is 1. The number of unbranched alkanes of at least 4 members (excludes halogenated alkanes) is 3. The van der Waals surface area contributed by atoms with Crippen molar-refractivity contribution in [3.05, 3.63) is 53.4 Å². The molecule has 1 amide bonds. The predicted molar refractivity (Wildman–Crippen MR) is 120 cm³/mol. The van der Waals surface area contributed by atoms with Gasteiger partial charge in [0.1, 0.15) is 5.76 Å². The summed E-state index contributed by atoms with van der Waals surface area (Å²) in [4.78, 5) is 12.5. The van der Waals surface area contributed by atoms with Crippen LogP contribution < -0.4 is 5.32 Å². The van der Waals surface area contributed by atoms with Crippen LogP contribution in [0.5, 0.6) is 0 Å². The van der Waals surface area contributed by atoms with Crippen molar-refractivity contribution in [1.82, 2.24) is 20.1 Å². The quantitative estimate of drug-likeness (QED) is 0.308. The van der Waals surface area contributed by atoms with Crippen LogP contribution in [0.15, 0.2) is 52.2 Å². The van der Waals surface area contributed by atoms with Crippen molar-refractivity contribution in [2.75, 3.05) is 0 Å². The molecule has 3 aromatic rings. The molecule has 160 valence electrons. The number of hydrogen-bond donors (Lipinski definition) is 1. The monoisotopic (exact) mass is 446 g/mol. The number of hydrogen-bond acceptors (Lipinski definition) is 5. The number of nitrogens with zero attached hydrogens (tertiary/aromatic N) is 3. The van der Waals surface area contributed by atoms with Gasteiger partial charge in [0.2, 0.25) is 5.91 Å². The zero-order valence-electron chi connectivity index (χ0n) is 17.3. The second-order valence-electron chi connectivity index (χ2n) is 7.08. The van der Waals surface area contributed by atoms with Crippen LogP contribution in [-0.2, 0) is 17.9 Å². The van der Waals surface area contributed by atoms with Crippen molar-refractivity contribution >= 4 is 29.3 Å². The van der Waals surface area contributed by atoms with Crippen LogP contribution in [-0.4, -0.2) is 25.9 Å². The maximum Gasteiger partial charge on any atom is 0.233 e. The second kappa shape index (κ2) is 11.2. The van der Waals surface area contributed by atoms with Crippen molar-refractivity contribution in [3.63, 3.8) is 0 Å². The first-order valence-electron chi connectivity index (χ1n) is 10.2. The van der Waals surface area contributed by atoms with Crippen LogP contribution in [0, 0.1) is 0 Å². The number of benzene rings is 1. The Balaban J connectivity index is 1.71. The summed E-state index contributed by atoms with van der Waals surface area (Å²) >= 11 is 7.45. The Kier molecular flexibility index (Phi) is 8.39. The maximum atomic E-state index is 12.5. The van der Waals surface area contributed by atoms with Crippen LogP contribution in [0.4, 0.5) is 0 Å². The lowest BCUT2D eigenvalue weighted by Crippen LogP contribution is -2.30. The van der Waals surface area contributed by atoms with Gasteiger partial charge in [-0.3, -0.25) is 4.79 Å². The van der Waals surface area contributed by atoms with E-state index in [1.807, 2.05) is 37.3 Å². The molecule has 0 bridgehead atoms. The summed E-state index contributed by atoms with van der Waals surface area (Å²) < 4.78 is 7.38. The molecule has 1 unspecified atom stereocenters. The van der Waals surface area contributed by atoms with E-state index in [4.69, 9.17) is 16.0 Å². The number of thioether (sulfide) groups is 1. The average Bonchev–Trinajstić information content (AvgIpc) is 3.40. The molecule has 0 aliphatic carbocycles. The molecular formula is C22H27ClN4O2S. The van der Waals surface area contributed by atoms with Gasteiger partial charge in [-0.1, -0.05) is 49.5 Å². The second-order valence-corrected chi connectivity index (χ2v) is 8.83. The van der Waals surface area contributed by atoms with Gasteiger partial charge in [0, 0.05) is 17.1 Å². The molecule has 3 rings (SSSR count). The van der Waals surface area contributed by atoms with Crippen LogP contribution in [0.1, 0.15) is 45.3 Å². The Morgan fingerprint density at radius 2 is 2.00 bits per heavy atom.